The number of aromatic nitrogens is 2. The molecule has 4 heteroatoms. The second-order valence-electron chi connectivity index (χ2n) is 4.37. The summed E-state index contributed by atoms with van der Waals surface area (Å²) in [7, 11) is 3.62. The topological polar surface area (TPSA) is 47.3 Å². The minimum Gasteiger partial charge on any atom is -0.496 e. The minimum absolute atomic E-state index is 0.0329. The van der Waals surface area contributed by atoms with Crippen LogP contribution in [0, 0.1) is 13.8 Å². The molecule has 0 saturated heterocycles. The third kappa shape index (κ3) is 1.99. The van der Waals surface area contributed by atoms with Gasteiger partial charge in [-0.05, 0) is 37.6 Å². The first kappa shape index (κ1) is 12.6. The first-order valence-corrected chi connectivity index (χ1v) is 5.86. The van der Waals surface area contributed by atoms with E-state index in [-0.39, 0.29) is 6.61 Å². The molecule has 1 aromatic heterocycles. The Hall–Kier alpha value is -1.81. The van der Waals surface area contributed by atoms with E-state index in [1.54, 1.807) is 7.11 Å². The number of rotatable bonds is 3. The van der Waals surface area contributed by atoms with Gasteiger partial charge in [0.2, 0.25) is 0 Å². The van der Waals surface area contributed by atoms with E-state index < -0.39 is 0 Å². The largest absolute Gasteiger partial charge is 0.496 e. The number of aliphatic hydroxyl groups excluding tert-OH is 1. The van der Waals surface area contributed by atoms with Crippen molar-refractivity contribution in [1.82, 2.24) is 9.55 Å². The summed E-state index contributed by atoms with van der Waals surface area (Å²) in [6.45, 7) is 3.93. The predicted molar refractivity (Wildman–Crippen MR) is 70.6 cm³/mol. The maximum absolute atomic E-state index is 9.24. The molecule has 0 fully saturated rings. The summed E-state index contributed by atoms with van der Waals surface area (Å²) in [5.41, 5.74) is 3.81. The van der Waals surface area contributed by atoms with E-state index >= 15 is 0 Å². The van der Waals surface area contributed by atoms with Gasteiger partial charge in [-0.3, -0.25) is 0 Å². The zero-order valence-corrected chi connectivity index (χ0v) is 11.2. The Labute approximate surface area is 107 Å². The fourth-order valence-electron chi connectivity index (χ4n) is 2.06. The van der Waals surface area contributed by atoms with Gasteiger partial charge >= 0.3 is 0 Å². The predicted octanol–water partition coefficient (Wildman–Crippen LogP) is 2.20. The molecule has 96 valence electrons. The van der Waals surface area contributed by atoms with Crippen molar-refractivity contribution in [3.8, 4) is 17.1 Å². The van der Waals surface area contributed by atoms with Crippen LogP contribution >= 0.6 is 0 Å². The molecule has 1 aromatic carbocycles. The van der Waals surface area contributed by atoms with Gasteiger partial charge < -0.3 is 14.4 Å². The van der Waals surface area contributed by atoms with Crippen LogP contribution in [-0.4, -0.2) is 21.8 Å². The second kappa shape index (κ2) is 4.82. The number of nitrogens with zero attached hydrogens (tertiary/aromatic N) is 2. The molecule has 0 atom stereocenters. The van der Waals surface area contributed by atoms with Gasteiger partial charge in [-0.2, -0.15) is 0 Å². The Morgan fingerprint density at radius 2 is 2.06 bits per heavy atom. The van der Waals surface area contributed by atoms with Crippen molar-refractivity contribution >= 4 is 0 Å². The Kier molecular flexibility index (Phi) is 3.39. The summed E-state index contributed by atoms with van der Waals surface area (Å²) in [4.78, 5) is 4.47. The van der Waals surface area contributed by atoms with E-state index in [0.29, 0.717) is 0 Å². The number of imidazole rings is 1. The third-order valence-corrected chi connectivity index (χ3v) is 3.28. The molecule has 0 unspecified atom stereocenters. The summed E-state index contributed by atoms with van der Waals surface area (Å²) in [6, 6.07) is 5.96. The second-order valence-corrected chi connectivity index (χ2v) is 4.37. The number of hydrogen-bond donors (Lipinski definition) is 1. The lowest BCUT2D eigenvalue weighted by molar-refractivity contribution is 0.276. The van der Waals surface area contributed by atoms with E-state index in [4.69, 9.17) is 4.74 Å². The van der Waals surface area contributed by atoms with Crippen LogP contribution in [0.15, 0.2) is 18.2 Å². The molecule has 0 aliphatic carbocycles. The number of aliphatic hydroxyl groups is 1. The normalized spacial score (nSPS) is 10.7. The van der Waals surface area contributed by atoms with Crippen molar-refractivity contribution in [2.75, 3.05) is 7.11 Å². The van der Waals surface area contributed by atoms with Crippen LogP contribution in [0.5, 0.6) is 5.75 Å². The standard InChI is InChI=1S/C14H18N2O2/c1-9-7-11(5-6-13(9)18-4)14-15-12(8-17)10(2)16(14)3/h5-7,17H,8H2,1-4H3. The van der Waals surface area contributed by atoms with Crippen LogP contribution in [0.1, 0.15) is 17.0 Å². The molecule has 1 heterocycles. The van der Waals surface area contributed by atoms with Crippen LogP contribution in [0.2, 0.25) is 0 Å². The molecule has 2 aromatic rings. The van der Waals surface area contributed by atoms with Crippen LogP contribution in [0.25, 0.3) is 11.4 Å². The first-order valence-electron chi connectivity index (χ1n) is 5.86. The highest BCUT2D eigenvalue weighted by Gasteiger charge is 2.12. The molecule has 0 aliphatic heterocycles. The summed E-state index contributed by atoms with van der Waals surface area (Å²) in [5.74, 6) is 1.73. The highest BCUT2D eigenvalue weighted by atomic mass is 16.5. The molecule has 2 rings (SSSR count). The molecule has 0 radical (unpaired) electrons. The van der Waals surface area contributed by atoms with Crippen LogP contribution < -0.4 is 4.74 Å². The monoisotopic (exact) mass is 246 g/mol. The number of ether oxygens (including phenoxy) is 1. The first-order chi connectivity index (χ1) is 8.58. The summed E-state index contributed by atoms with van der Waals surface area (Å²) >= 11 is 0. The number of methoxy groups -OCH3 is 1. The average Bonchev–Trinajstić information content (AvgIpc) is 2.66. The summed E-state index contributed by atoms with van der Waals surface area (Å²) in [6.07, 6.45) is 0. The quantitative estimate of drug-likeness (QED) is 0.903. The number of aryl methyl sites for hydroxylation is 1. The SMILES string of the molecule is COc1ccc(-c2nc(CO)c(C)n2C)cc1C. The van der Waals surface area contributed by atoms with E-state index in [1.807, 2.05) is 43.7 Å². The maximum atomic E-state index is 9.24. The molecule has 1 N–H and O–H groups in total. The molecular formula is C14H18N2O2. The fourth-order valence-corrected chi connectivity index (χ4v) is 2.06. The summed E-state index contributed by atoms with van der Waals surface area (Å²) < 4.78 is 7.24. The number of benzene rings is 1. The van der Waals surface area contributed by atoms with Gasteiger partial charge in [0.05, 0.1) is 19.4 Å². The highest BCUT2D eigenvalue weighted by Crippen LogP contribution is 2.26. The summed E-state index contributed by atoms with van der Waals surface area (Å²) in [5, 5.41) is 9.24. The van der Waals surface area contributed by atoms with E-state index in [1.165, 1.54) is 0 Å². The lowest BCUT2D eigenvalue weighted by Gasteiger charge is -2.07. The van der Waals surface area contributed by atoms with Crippen molar-refractivity contribution < 1.29 is 9.84 Å². The third-order valence-electron chi connectivity index (χ3n) is 3.28. The Morgan fingerprint density at radius 1 is 1.33 bits per heavy atom. The van der Waals surface area contributed by atoms with Crippen LogP contribution in [0.4, 0.5) is 0 Å². The van der Waals surface area contributed by atoms with E-state index in [0.717, 1.165) is 34.1 Å². The molecule has 0 saturated carbocycles. The van der Waals surface area contributed by atoms with E-state index in [9.17, 15) is 5.11 Å². The van der Waals surface area contributed by atoms with Crippen molar-refractivity contribution in [1.29, 1.82) is 0 Å². The molecule has 0 amide bonds. The Balaban J connectivity index is 2.52. The molecule has 0 bridgehead atoms. The zero-order chi connectivity index (χ0) is 13.3. The molecular weight excluding hydrogens is 228 g/mol. The van der Waals surface area contributed by atoms with Crippen molar-refractivity contribution in [3.05, 3.63) is 35.2 Å². The minimum atomic E-state index is -0.0329. The Morgan fingerprint density at radius 3 is 2.56 bits per heavy atom. The molecule has 0 spiro atoms. The van der Waals surface area contributed by atoms with E-state index in [2.05, 4.69) is 4.98 Å². The van der Waals surface area contributed by atoms with Crippen molar-refractivity contribution in [2.45, 2.75) is 20.5 Å². The van der Waals surface area contributed by atoms with Gasteiger partial charge in [0, 0.05) is 18.3 Å². The maximum Gasteiger partial charge on any atom is 0.140 e. The van der Waals surface area contributed by atoms with Crippen molar-refractivity contribution in [3.63, 3.8) is 0 Å². The lowest BCUT2D eigenvalue weighted by Crippen LogP contribution is -1.96. The molecule has 18 heavy (non-hydrogen) atoms. The van der Waals surface area contributed by atoms with Gasteiger partial charge in [0.25, 0.3) is 0 Å². The van der Waals surface area contributed by atoms with Gasteiger partial charge in [0.15, 0.2) is 0 Å². The van der Waals surface area contributed by atoms with Crippen LogP contribution in [-0.2, 0) is 13.7 Å². The van der Waals surface area contributed by atoms with Crippen molar-refractivity contribution in [2.24, 2.45) is 7.05 Å². The smallest absolute Gasteiger partial charge is 0.140 e. The fraction of sp³-hybridized carbons (Fsp3) is 0.357. The van der Waals surface area contributed by atoms with Gasteiger partial charge in [-0.25, -0.2) is 4.98 Å². The average molecular weight is 246 g/mol. The molecule has 0 aliphatic rings. The van der Waals surface area contributed by atoms with Gasteiger partial charge in [-0.15, -0.1) is 0 Å². The number of hydrogen-bond acceptors (Lipinski definition) is 3. The van der Waals surface area contributed by atoms with Gasteiger partial charge in [-0.1, -0.05) is 0 Å². The Bertz CT molecular complexity index is 573. The van der Waals surface area contributed by atoms with Crippen LogP contribution in [0.3, 0.4) is 0 Å². The zero-order valence-electron chi connectivity index (χ0n) is 11.2. The lowest BCUT2D eigenvalue weighted by atomic mass is 10.1. The highest BCUT2D eigenvalue weighted by molar-refractivity contribution is 5.60. The molecule has 4 nitrogen and oxygen atoms in total. The van der Waals surface area contributed by atoms with Gasteiger partial charge in [0.1, 0.15) is 11.6 Å².